The molecule has 1 aromatic carbocycles. The summed E-state index contributed by atoms with van der Waals surface area (Å²) in [6, 6.07) is 10.2. The molecule has 2 nitrogen and oxygen atoms in total. The van der Waals surface area contributed by atoms with Crippen molar-refractivity contribution in [2.45, 2.75) is 24.5 Å². The fourth-order valence-corrected chi connectivity index (χ4v) is 3.60. The maximum atomic E-state index is 11.2. The van der Waals surface area contributed by atoms with Crippen LogP contribution in [0, 0.1) is 6.92 Å². The van der Waals surface area contributed by atoms with Gasteiger partial charge in [-0.1, -0.05) is 30.3 Å². The molecule has 2 aromatic rings. The molecule has 0 radical (unpaired) electrons. The van der Waals surface area contributed by atoms with Crippen molar-refractivity contribution in [2.24, 2.45) is 0 Å². The van der Waals surface area contributed by atoms with Crippen LogP contribution in [-0.4, -0.2) is 10.1 Å². The van der Waals surface area contributed by atoms with Crippen molar-refractivity contribution in [1.29, 1.82) is 0 Å². The highest BCUT2D eigenvalue weighted by atomic mass is 32.2. The summed E-state index contributed by atoms with van der Waals surface area (Å²) in [6.45, 7) is 3.56. The quantitative estimate of drug-likeness (QED) is 0.791. The molecule has 0 unspecified atom stereocenters. The molecule has 0 saturated carbocycles. The average molecular weight is 263 g/mol. The lowest BCUT2D eigenvalue weighted by molar-refractivity contribution is -0.109. The third-order valence-electron chi connectivity index (χ3n) is 2.22. The topological polar surface area (TPSA) is 30.0 Å². The van der Waals surface area contributed by atoms with Crippen LogP contribution in [0.5, 0.6) is 0 Å². The van der Waals surface area contributed by atoms with Crippen LogP contribution < -0.4 is 0 Å². The molecule has 0 aliphatic heterocycles. The Bertz CT molecular complexity index is 519. The second-order valence-corrected chi connectivity index (χ2v) is 6.37. The van der Waals surface area contributed by atoms with Crippen molar-refractivity contribution in [3.05, 3.63) is 46.6 Å². The van der Waals surface area contributed by atoms with Gasteiger partial charge in [-0.25, -0.2) is 4.98 Å². The van der Waals surface area contributed by atoms with Crippen LogP contribution in [0.3, 0.4) is 0 Å². The monoisotopic (exact) mass is 263 g/mol. The van der Waals surface area contributed by atoms with Crippen LogP contribution in [0.15, 0.2) is 34.5 Å². The summed E-state index contributed by atoms with van der Waals surface area (Å²) in [5.41, 5.74) is 2.24. The molecule has 1 aromatic heterocycles. The maximum absolute atomic E-state index is 11.2. The van der Waals surface area contributed by atoms with E-state index in [-0.39, 0.29) is 5.12 Å². The van der Waals surface area contributed by atoms with Gasteiger partial charge in [0.05, 0.1) is 14.9 Å². The van der Waals surface area contributed by atoms with Gasteiger partial charge in [0.25, 0.3) is 0 Å². The highest BCUT2D eigenvalue weighted by molar-refractivity contribution is 8.15. The van der Waals surface area contributed by atoms with Gasteiger partial charge in [-0.15, -0.1) is 11.3 Å². The minimum absolute atomic E-state index is 0.114. The Morgan fingerprint density at radius 1 is 1.35 bits per heavy atom. The van der Waals surface area contributed by atoms with E-state index >= 15 is 0 Å². The fourth-order valence-electron chi connectivity index (χ4n) is 1.56. The largest absolute Gasteiger partial charge is 0.287 e. The van der Waals surface area contributed by atoms with Crippen molar-refractivity contribution in [2.75, 3.05) is 0 Å². The highest BCUT2D eigenvalue weighted by Crippen LogP contribution is 2.31. The van der Waals surface area contributed by atoms with Gasteiger partial charge in [-0.05, 0) is 24.2 Å². The van der Waals surface area contributed by atoms with Gasteiger partial charge in [0.15, 0.2) is 5.12 Å². The molecule has 0 atom stereocenters. The van der Waals surface area contributed by atoms with Gasteiger partial charge in [-0.3, -0.25) is 4.79 Å². The Morgan fingerprint density at radius 3 is 2.71 bits per heavy atom. The number of thioether (sulfide) groups is 1. The van der Waals surface area contributed by atoms with Gasteiger partial charge >= 0.3 is 0 Å². The van der Waals surface area contributed by atoms with Gasteiger partial charge in [0.2, 0.25) is 0 Å². The van der Waals surface area contributed by atoms with E-state index in [0.717, 1.165) is 21.3 Å². The number of rotatable bonds is 3. The molecule has 1 heterocycles. The smallest absolute Gasteiger partial charge is 0.191 e. The predicted octanol–water partition coefficient (Wildman–Crippen LogP) is 3.68. The molecule has 88 valence electrons. The number of hydrogen-bond acceptors (Lipinski definition) is 4. The second kappa shape index (κ2) is 5.47. The molecule has 0 fully saturated rings. The van der Waals surface area contributed by atoms with Crippen LogP contribution in [0.2, 0.25) is 0 Å². The van der Waals surface area contributed by atoms with Crippen LogP contribution in [-0.2, 0) is 11.2 Å². The van der Waals surface area contributed by atoms with Gasteiger partial charge < -0.3 is 0 Å². The van der Waals surface area contributed by atoms with E-state index in [9.17, 15) is 4.79 Å². The zero-order valence-electron chi connectivity index (χ0n) is 9.77. The Balaban J connectivity index is 2.23. The molecule has 0 aliphatic rings. The van der Waals surface area contributed by atoms with Gasteiger partial charge in [0, 0.05) is 13.3 Å². The summed E-state index contributed by atoms with van der Waals surface area (Å²) in [5, 5.41) is 1.13. The molecule has 0 amide bonds. The number of benzene rings is 1. The molecular weight excluding hydrogens is 250 g/mol. The Kier molecular flexibility index (Phi) is 3.97. The van der Waals surface area contributed by atoms with Crippen LogP contribution in [0.25, 0.3) is 0 Å². The third kappa shape index (κ3) is 3.41. The molecule has 0 aliphatic carbocycles. The van der Waals surface area contributed by atoms with E-state index in [1.807, 2.05) is 25.1 Å². The maximum Gasteiger partial charge on any atom is 0.191 e. The minimum atomic E-state index is 0.114. The van der Waals surface area contributed by atoms with Crippen LogP contribution in [0.1, 0.15) is 23.2 Å². The number of aryl methyl sites for hydroxylation is 1. The first-order valence-corrected chi connectivity index (χ1v) is 6.97. The normalized spacial score (nSPS) is 10.5. The second-order valence-electron chi connectivity index (χ2n) is 3.72. The number of aromatic nitrogens is 1. The molecule has 4 heteroatoms. The van der Waals surface area contributed by atoms with E-state index < -0.39 is 0 Å². The summed E-state index contributed by atoms with van der Waals surface area (Å²) in [5.74, 6) is 0. The van der Waals surface area contributed by atoms with E-state index in [0.29, 0.717) is 0 Å². The van der Waals surface area contributed by atoms with Crippen molar-refractivity contribution < 1.29 is 4.79 Å². The summed E-state index contributed by atoms with van der Waals surface area (Å²) in [7, 11) is 0. The van der Waals surface area contributed by atoms with E-state index in [2.05, 4.69) is 17.1 Å². The highest BCUT2D eigenvalue weighted by Gasteiger charge is 2.12. The van der Waals surface area contributed by atoms with E-state index in [4.69, 9.17) is 0 Å². The van der Waals surface area contributed by atoms with Crippen LogP contribution >= 0.6 is 23.1 Å². The van der Waals surface area contributed by atoms with Gasteiger partial charge in [0.1, 0.15) is 0 Å². The predicted molar refractivity (Wildman–Crippen MR) is 72.6 cm³/mol. The molecule has 2 rings (SSSR count). The van der Waals surface area contributed by atoms with E-state index in [1.165, 1.54) is 17.3 Å². The Hall–Kier alpha value is -1.13. The number of thiazole rings is 1. The number of hydrogen-bond donors (Lipinski definition) is 0. The van der Waals surface area contributed by atoms with Crippen molar-refractivity contribution in [1.82, 2.24) is 4.98 Å². The molecule has 0 N–H and O–H groups in total. The molecule has 0 saturated heterocycles. The summed E-state index contributed by atoms with van der Waals surface area (Å²) in [6.07, 6.45) is 0.792. The summed E-state index contributed by atoms with van der Waals surface area (Å²) >= 11 is 2.88. The zero-order chi connectivity index (χ0) is 12.3. The number of carbonyl (C=O) groups is 1. The molecule has 0 spiro atoms. The third-order valence-corrected chi connectivity index (χ3v) is 4.24. The minimum Gasteiger partial charge on any atom is -0.287 e. The number of carbonyl (C=O) groups excluding carboxylic acids is 1. The number of nitrogens with zero attached hydrogens (tertiary/aromatic N) is 1. The lowest BCUT2D eigenvalue weighted by atomic mass is 10.1. The lowest BCUT2D eigenvalue weighted by Gasteiger charge is -2.00. The summed E-state index contributed by atoms with van der Waals surface area (Å²) < 4.78 is 1.03. The first-order valence-electron chi connectivity index (χ1n) is 5.34. The van der Waals surface area contributed by atoms with Crippen molar-refractivity contribution in [3.63, 3.8) is 0 Å². The van der Waals surface area contributed by atoms with Gasteiger partial charge in [-0.2, -0.15) is 0 Å². The first-order chi connectivity index (χ1) is 8.15. The zero-order valence-corrected chi connectivity index (χ0v) is 11.4. The lowest BCUT2D eigenvalue weighted by Crippen LogP contribution is -1.91. The standard InChI is InChI=1S/C13H13NOS2/c1-9-14-12(13(16-9)17-10(2)15)8-11-6-4-3-5-7-11/h3-7H,8H2,1-2H3. The molecular formula is C13H13NOS2. The van der Waals surface area contributed by atoms with Crippen molar-refractivity contribution >= 4 is 28.2 Å². The fraction of sp³-hybridized carbons (Fsp3) is 0.231. The van der Waals surface area contributed by atoms with E-state index in [1.54, 1.807) is 18.3 Å². The SMILES string of the molecule is CC(=O)Sc1sc(C)nc1Cc1ccccc1. The Labute approximate surface area is 109 Å². The molecule has 17 heavy (non-hydrogen) atoms. The van der Waals surface area contributed by atoms with Crippen molar-refractivity contribution in [3.8, 4) is 0 Å². The van der Waals surface area contributed by atoms with Crippen LogP contribution in [0.4, 0.5) is 0 Å². The summed E-state index contributed by atoms with van der Waals surface area (Å²) in [4.78, 5) is 15.7. The Morgan fingerprint density at radius 2 is 2.06 bits per heavy atom. The molecule has 0 bridgehead atoms. The average Bonchev–Trinajstić information content (AvgIpc) is 2.59. The first kappa shape index (κ1) is 12.3.